The van der Waals surface area contributed by atoms with Crippen molar-refractivity contribution in [2.45, 2.75) is 44.8 Å². The first kappa shape index (κ1) is 21.6. The average molecular weight is 427 g/mol. The highest BCUT2D eigenvalue weighted by atomic mass is 16.2. The van der Waals surface area contributed by atoms with Gasteiger partial charge in [0.15, 0.2) is 5.96 Å². The average Bonchev–Trinajstić information content (AvgIpc) is 3.49. The Morgan fingerprint density at radius 1 is 1.13 bits per heavy atom. The summed E-state index contributed by atoms with van der Waals surface area (Å²) < 4.78 is 0. The molecule has 1 aliphatic carbocycles. The first-order chi connectivity index (χ1) is 15.1. The lowest BCUT2D eigenvalue weighted by Crippen LogP contribution is -2.54. The van der Waals surface area contributed by atoms with Gasteiger partial charge >= 0.3 is 0 Å². The van der Waals surface area contributed by atoms with E-state index in [9.17, 15) is 9.59 Å². The van der Waals surface area contributed by atoms with Gasteiger partial charge in [-0.1, -0.05) is 24.3 Å². The summed E-state index contributed by atoms with van der Waals surface area (Å²) in [5.41, 5.74) is 2.35. The highest BCUT2D eigenvalue weighted by Gasteiger charge is 2.26. The predicted octanol–water partition coefficient (Wildman–Crippen LogP) is 0.781. The van der Waals surface area contributed by atoms with Crippen LogP contribution in [0, 0.1) is 0 Å². The molecule has 0 spiro atoms. The molecule has 1 aromatic carbocycles. The third kappa shape index (κ3) is 6.19. The summed E-state index contributed by atoms with van der Waals surface area (Å²) in [5.74, 6) is 1.30. The largest absolute Gasteiger partial charge is 0.352 e. The van der Waals surface area contributed by atoms with Gasteiger partial charge in [0.05, 0.1) is 6.54 Å². The summed E-state index contributed by atoms with van der Waals surface area (Å²) in [6.45, 7) is 6.16. The number of piperazine rings is 1. The fourth-order valence-corrected chi connectivity index (χ4v) is 4.26. The highest BCUT2D eigenvalue weighted by molar-refractivity contribution is 5.80. The lowest BCUT2D eigenvalue weighted by atomic mass is 10.1. The third-order valence-corrected chi connectivity index (χ3v) is 6.18. The van der Waals surface area contributed by atoms with Gasteiger partial charge in [-0.05, 0) is 30.4 Å². The maximum absolute atomic E-state index is 12.0. The number of amides is 2. The van der Waals surface area contributed by atoms with Crippen molar-refractivity contribution in [3.8, 4) is 0 Å². The Balaban J connectivity index is 1.23. The van der Waals surface area contributed by atoms with Crippen LogP contribution >= 0.6 is 0 Å². The fraction of sp³-hybridized carbons (Fsp3) is 0.609. The minimum absolute atomic E-state index is 0.147. The molecule has 2 saturated heterocycles. The monoisotopic (exact) mass is 426 g/mol. The van der Waals surface area contributed by atoms with Crippen LogP contribution in [0.15, 0.2) is 29.3 Å². The van der Waals surface area contributed by atoms with Gasteiger partial charge in [-0.25, -0.2) is 0 Å². The van der Waals surface area contributed by atoms with Crippen molar-refractivity contribution >= 4 is 17.8 Å². The highest BCUT2D eigenvalue weighted by Crippen LogP contribution is 2.18. The zero-order valence-corrected chi connectivity index (χ0v) is 18.5. The first-order valence-corrected chi connectivity index (χ1v) is 11.4. The molecule has 0 atom stereocenters. The van der Waals surface area contributed by atoms with Crippen LogP contribution in [-0.4, -0.2) is 84.8 Å². The first-order valence-electron chi connectivity index (χ1n) is 11.4. The maximum atomic E-state index is 12.0. The number of carbonyl (C=O) groups is 2. The molecule has 3 fully saturated rings. The topological polar surface area (TPSA) is 80.3 Å². The number of carbonyl (C=O) groups excluding carboxylic acids is 2. The summed E-state index contributed by atoms with van der Waals surface area (Å²) in [5, 5.41) is 6.53. The van der Waals surface area contributed by atoms with Crippen molar-refractivity contribution in [2.75, 3.05) is 46.3 Å². The summed E-state index contributed by atoms with van der Waals surface area (Å²) in [6, 6.07) is 8.84. The molecule has 0 radical (unpaired) electrons. The second-order valence-corrected chi connectivity index (χ2v) is 8.74. The van der Waals surface area contributed by atoms with E-state index >= 15 is 0 Å². The maximum Gasteiger partial charge on any atom is 0.234 e. The standard InChI is InChI=1S/C23H34N6O2/c1-24-23(28-12-10-27(11-13-28)17-21(30)26-20-7-8-20)25-15-18-4-2-5-19(14-18)16-29-9-3-6-22(29)31/h2,4-5,14,20H,3,6-13,15-17H2,1H3,(H,24,25)(H,26,30). The van der Waals surface area contributed by atoms with Crippen molar-refractivity contribution in [1.29, 1.82) is 0 Å². The van der Waals surface area contributed by atoms with E-state index < -0.39 is 0 Å². The molecular formula is C23H34N6O2. The van der Waals surface area contributed by atoms with Crippen LogP contribution in [0.3, 0.4) is 0 Å². The van der Waals surface area contributed by atoms with E-state index in [1.807, 2.05) is 11.9 Å². The number of hydrogen-bond donors (Lipinski definition) is 2. The molecule has 31 heavy (non-hydrogen) atoms. The second kappa shape index (κ2) is 10.1. The predicted molar refractivity (Wildman–Crippen MR) is 120 cm³/mol. The minimum atomic E-state index is 0.147. The molecule has 168 valence electrons. The van der Waals surface area contributed by atoms with Gasteiger partial charge in [-0.15, -0.1) is 0 Å². The Hall–Kier alpha value is -2.61. The van der Waals surface area contributed by atoms with E-state index in [2.05, 4.69) is 49.7 Å². The van der Waals surface area contributed by atoms with Gasteiger partial charge in [0.1, 0.15) is 0 Å². The quantitative estimate of drug-likeness (QED) is 0.498. The lowest BCUT2D eigenvalue weighted by molar-refractivity contribution is -0.128. The molecule has 2 N–H and O–H groups in total. The van der Waals surface area contributed by atoms with E-state index in [4.69, 9.17) is 0 Å². The van der Waals surface area contributed by atoms with Crippen molar-refractivity contribution in [3.05, 3.63) is 35.4 Å². The number of hydrogen-bond acceptors (Lipinski definition) is 4. The Bertz CT molecular complexity index is 814. The van der Waals surface area contributed by atoms with Crippen molar-refractivity contribution < 1.29 is 9.59 Å². The number of benzene rings is 1. The molecule has 0 unspecified atom stereocenters. The Morgan fingerprint density at radius 2 is 1.90 bits per heavy atom. The minimum Gasteiger partial charge on any atom is -0.352 e. The van der Waals surface area contributed by atoms with Gasteiger partial charge in [-0.3, -0.25) is 19.5 Å². The van der Waals surface area contributed by atoms with Crippen molar-refractivity contribution in [1.82, 2.24) is 25.3 Å². The summed E-state index contributed by atoms with van der Waals surface area (Å²) >= 11 is 0. The van der Waals surface area contributed by atoms with E-state index in [1.165, 1.54) is 11.1 Å². The molecule has 0 aromatic heterocycles. The smallest absolute Gasteiger partial charge is 0.234 e. The summed E-state index contributed by atoms with van der Waals surface area (Å²) in [4.78, 5) is 34.8. The number of nitrogens with zero attached hydrogens (tertiary/aromatic N) is 4. The summed E-state index contributed by atoms with van der Waals surface area (Å²) in [6.07, 6.45) is 3.90. The number of guanidine groups is 1. The van der Waals surface area contributed by atoms with Crippen LogP contribution in [0.5, 0.6) is 0 Å². The fourth-order valence-electron chi connectivity index (χ4n) is 4.26. The Morgan fingerprint density at radius 3 is 2.58 bits per heavy atom. The molecule has 1 aromatic rings. The molecule has 2 heterocycles. The number of likely N-dealkylation sites (tertiary alicyclic amines) is 1. The number of aliphatic imine (C=N–C) groups is 1. The Labute approximate surface area is 184 Å². The van der Waals surface area contributed by atoms with E-state index in [0.717, 1.165) is 57.9 Å². The zero-order valence-electron chi connectivity index (χ0n) is 18.5. The van der Waals surface area contributed by atoms with Crippen LogP contribution in [0.2, 0.25) is 0 Å². The van der Waals surface area contributed by atoms with Crippen LogP contribution in [0.25, 0.3) is 0 Å². The van der Waals surface area contributed by atoms with Crippen LogP contribution in [-0.2, 0) is 22.7 Å². The summed E-state index contributed by atoms with van der Waals surface area (Å²) in [7, 11) is 1.81. The van der Waals surface area contributed by atoms with Gasteiger partial charge in [0.2, 0.25) is 11.8 Å². The normalized spacial score (nSPS) is 20.3. The number of nitrogens with one attached hydrogen (secondary N) is 2. The van der Waals surface area contributed by atoms with Crippen LogP contribution < -0.4 is 10.6 Å². The zero-order chi connectivity index (χ0) is 21.6. The van der Waals surface area contributed by atoms with Crippen LogP contribution in [0.1, 0.15) is 36.8 Å². The number of rotatable bonds is 7. The molecule has 3 aliphatic rings. The molecule has 8 heteroatoms. The Kier molecular flexibility index (Phi) is 7.06. The molecular weight excluding hydrogens is 392 g/mol. The van der Waals surface area contributed by atoms with Gasteiger partial charge in [0, 0.05) is 65.3 Å². The van der Waals surface area contributed by atoms with Gasteiger partial charge in [-0.2, -0.15) is 0 Å². The SMILES string of the molecule is CN=C(NCc1cccc(CN2CCCC2=O)c1)N1CCN(CC(=O)NC2CC2)CC1. The van der Waals surface area contributed by atoms with Gasteiger partial charge < -0.3 is 20.4 Å². The lowest BCUT2D eigenvalue weighted by Gasteiger charge is -2.36. The van der Waals surface area contributed by atoms with Crippen molar-refractivity contribution in [3.63, 3.8) is 0 Å². The molecule has 2 amide bonds. The van der Waals surface area contributed by atoms with E-state index in [1.54, 1.807) is 0 Å². The van der Waals surface area contributed by atoms with E-state index in [-0.39, 0.29) is 11.8 Å². The molecule has 4 rings (SSSR count). The van der Waals surface area contributed by atoms with Crippen LogP contribution in [0.4, 0.5) is 0 Å². The molecule has 8 nitrogen and oxygen atoms in total. The molecule has 1 saturated carbocycles. The molecule has 2 aliphatic heterocycles. The van der Waals surface area contributed by atoms with Gasteiger partial charge in [0.25, 0.3) is 0 Å². The third-order valence-electron chi connectivity index (χ3n) is 6.18. The second-order valence-electron chi connectivity index (χ2n) is 8.74. The molecule has 0 bridgehead atoms. The van der Waals surface area contributed by atoms with Crippen molar-refractivity contribution in [2.24, 2.45) is 4.99 Å². The van der Waals surface area contributed by atoms with E-state index in [0.29, 0.717) is 32.1 Å².